The van der Waals surface area contributed by atoms with Crippen molar-refractivity contribution < 1.29 is 15.0 Å². The Balaban J connectivity index is 1.75. The van der Waals surface area contributed by atoms with Crippen LogP contribution in [-0.2, 0) is 11.2 Å². The van der Waals surface area contributed by atoms with Crippen LogP contribution in [0.15, 0.2) is 77.9 Å². The number of aryl methyl sites for hydroxylation is 1. The Morgan fingerprint density at radius 1 is 1.06 bits per heavy atom. The Labute approximate surface area is 210 Å². The maximum Gasteiger partial charge on any atom is 0.246 e. The topological polar surface area (TPSA) is 69.6 Å². The number of unbranched alkanes of at least 4 members (excludes halogenated alkanes) is 1. The van der Waals surface area contributed by atoms with E-state index in [9.17, 15) is 9.90 Å². The number of hydrogen-bond donors (Lipinski definition) is 3. The molecular formula is C31H39NO3. The summed E-state index contributed by atoms with van der Waals surface area (Å²) in [7, 11) is 0. The number of benzene rings is 2. The summed E-state index contributed by atoms with van der Waals surface area (Å²) in [4.78, 5) is 11.9. The van der Waals surface area contributed by atoms with Crippen LogP contribution >= 0.6 is 0 Å². The molecule has 0 spiro atoms. The van der Waals surface area contributed by atoms with Gasteiger partial charge in [-0.05, 0) is 68.0 Å². The smallest absolute Gasteiger partial charge is 0.246 e. The predicted molar refractivity (Wildman–Crippen MR) is 146 cm³/mol. The second-order valence-electron chi connectivity index (χ2n) is 9.14. The molecule has 0 bridgehead atoms. The molecule has 0 aliphatic rings. The first kappa shape index (κ1) is 28.1. The first-order valence-corrected chi connectivity index (χ1v) is 12.4. The third-order valence-electron chi connectivity index (χ3n) is 5.99. The Bertz CT molecular complexity index is 1120. The molecule has 0 unspecified atom stereocenters. The fraction of sp³-hybridized carbons (Fsp3) is 0.387. The zero-order valence-corrected chi connectivity index (χ0v) is 21.4. The molecule has 186 valence electrons. The van der Waals surface area contributed by atoms with Crippen LogP contribution in [0.5, 0.6) is 0 Å². The van der Waals surface area contributed by atoms with Crippen LogP contribution in [0.3, 0.4) is 0 Å². The van der Waals surface area contributed by atoms with Crippen molar-refractivity contribution in [2.75, 3.05) is 6.61 Å². The van der Waals surface area contributed by atoms with Crippen molar-refractivity contribution in [3.05, 3.63) is 83.5 Å². The number of fused-ring (bicyclic) bond motifs is 1. The predicted octanol–water partition coefficient (Wildman–Crippen LogP) is 5.50. The van der Waals surface area contributed by atoms with Crippen molar-refractivity contribution in [1.29, 1.82) is 0 Å². The molecule has 0 aromatic heterocycles. The molecular weight excluding hydrogens is 434 g/mol. The quantitative estimate of drug-likeness (QED) is 0.175. The molecule has 35 heavy (non-hydrogen) atoms. The lowest BCUT2D eigenvalue weighted by molar-refractivity contribution is -0.118. The van der Waals surface area contributed by atoms with Gasteiger partial charge in [-0.2, -0.15) is 0 Å². The van der Waals surface area contributed by atoms with E-state index in [2.05, 4.69) is 65.7 Å². The first-order valence-electron chi connectivity index (χ1n) is 12.4. The Kier molecular flexibility index (Phi) is 12.0. The number of aliphatic hydroxyl groups is 2. The van der Waals surface area contributed by atoms with Crippen LogP contribution in [0.25, 0.3) is 10.8 Å². The molecule has 0 saturated carbocycles. The fourth-order valence-electron chi connectivity index (χ4n) is 3.67. The van der Waals surface area contributed by atoms with E-state index in [1.54, 1.807) is 19.9 Å². The molecule has 0 aliphatic heterocycles. The molecule has 1 amide bonds. The highest BCUT2D eigenvalue weighted by Gasteiger charge is 2.12. The normalized spacial score (nSPS) is 14.9. The number of carbonyl (C=O) groups is 1. The number of allylic oxidation sites excluding steroid dienone is 3. The largest absolute Gasteiger partial charge is 0.394 e. The molecule has 0 heterocycles. The van der Waals surface area contributed by atoms with Crippen LogP contribution < -0.4 is 5.32 Å². The van der Waals surface area contributed by atoms with E-state index in [4.69, 9.17) is 5.11 Å². The van der Waals surface area contributed by atoms with Crippen LogP contribution in [0.1, 0.15) is 52.5 Å². The van der Waals surface area contributed by atoms with Gasteiger partial charge in [0.15, 0.2) is 0 Å². The highest BCUT2D eigenvalue weighted by molar-refractivity contribution is 5.92. The fourth-order valence-corrected chi connectivity index (χ4v) is 3.67. The van der Waals surface area contributed by atoms with Gasteiger partial charge in [0.1, 0.15) is 0 Å². The number of hydrogen-bond acceptors (Lipinski definition) is 3. The van der Waals surface area contributed by atoms with Gasteiger partial charge in [-0.3, -0.25) is 4.79 Å². The molecule has 0 radical (unpaired) electrons. The van der Waals surface area contributed by atoms with Crippen LogP contribution in [0.4, 0.5) is 0 Å². The first-order chi connectivity index (χ1) is 16.8. The lowest BCUT2D eigenvalue weighted by atomic mass is 9.96. The molecule has 2 aromatic carbocycles. The zero-order chi connectivity index (χ0) is 25.6. The monoisotopic (exact) mass is 473 g/mol. The summed E-state index contributed by atoms with van der Waals surface area (Å²) in [6, 6.07) is 14.7. The van der Waals surface area contributed by atoms with E-state index in [0.29, 0.717) is 18.4 Å². The van der Waals surface area contributed by atoms with E-state index in [1.807, 2.05) is 26.0 Å². The van der Waals surface area contributed by atoms with Gasteiger partial charge in [0.05, 0.1) is 12.7 Å². The Morgan fingerprint density at radius 3 is 2.54 bits per heavy atom. The third kappa shape index (κ3) is 9.94. The number of nitrogens with one attached hydrogen (secondary N) is 1. The lowest BCUT2D eigenvalue weighted by Crippen LogP contribution is -2.35. The molecule has 0 saturated heterocycles. The van der Waals surface area contributed by atoms with Crippen LogP contribution in [-0.4, -0.2) is 34.9 Å². The van der Waals surface area contributed by atoms with Gasteiger partial charge in [-0.1, -0.05) is 79.5 Å². The van der Waals surface area contributed by atoms with E-state index >= 15 is 0 Å². The number of aliphatic hydroxyl groups excluding tert-OH is 2. The maximum absolute atomic E-state index is 11.9. The van der Waals surface area contributed by atoms with Crippen LogP contribution in [0.2, 0.25) is 0 Å². The summed E-state index contributed by atoms with van der Waals surface area (Å²) >= 11 is 0. The summed E-state index contributed by atoms with van der Waals surface area (Å²) < 4.78 is 0. The molecule has 4 heteroatoms. The Morgan fingerprint density at radius 2 is 1.80 bits per heavy atom. The van der Waals surface area contributed by atoms with E-state index in [-0.39, 0.29) is 24.5 Å². The van der Waals surface area contributed by atoms with Gasteiger partial charge in [-0.25, -0.2) is 0 Å². The maximum atomic E-state index is 11.9. The molecule has 0 fully saturated rings. The summed E-state index contributed by atoms with van der Waals surface area (Å²) in [6.45, 7) is 7.40. The van der Waals surface area contributed by atoms with Crippen molar-refractivity contribution in [3.63, 3.8) is 0 Å². The third-order valence-corrected chi connectivity index (χ3v) is 5.99. The summed E-state index contributed by atoms with van der Waals surface area (Å²) in [5, 5.41) is 24.9. The van der Waals surface area contributed by atoms with Crippen molar-refractivity contribution >= 4 is 16.7 Å². The Hall–Kier alpha value is -3.13. The minimum Gasteiger partial charge on any atom is -0.394 e. The van der Waals surface area contributed by atoms with Gasteiger partial charge in [0.25, 0.3) is 0 Å². The van der Waals surface area contributed by atoms with Crippen LogP contribution in [0, 0.1) is 17.8 Å². The van der Waals surface area contributed by atoms with Gasteiger partial charge >= 0.3 is 0 Å². The highest BCUT2D eigenvalue weighted by Crippen LogP contribution is 2.18. The SMILES string of the molecule is C/C(=C\CCC#C/C=C/[C@@H](C)[C@@H](O)/C(C)=C/CCc1ccc2ccccc2c1)C(=O)N[C@@H](C)CO. The molecule has 3 atom stereocenters. The number of rotatable bonds is 11. The molecule has 2 aromatic rings. The van der Waals surface area contributed by atoms with Crippen molar-refractivity contribution in [2.24, 2.45) is 5.92 Å². The average molecular weight is 474 g/mol. The molecule has 4 nitrogen and oxygen atoms in total. The van der Waals surface area contributed by atoms with Crippen molar-refractivity contribution in [3.8, 4) is 11.8 Å². The van der Waals surface area contributed by atoms with Crippen molar-refractivity contribution in [2.45, 2.75) is 65.5 Å². The van der Waals surface area contributed by atoms with Gasteiger partial charge in [-0.15, -0.1) is 0 Å². The van der Waals surface area contributed by atoms with Gasteiger partial charge in [0.2, 0.25) is 5.91 Å². The van der Waals surface area contributed by atoms with E-state index in [0.717, 1.165) is 18.4 Å². The average Bonchev–Trinajstić information content (AvgIpc) is 2.86. The standard InChI is InChI=1S/C31H39NO3/c1-23(13-8-6-5-7-9-14-25(3)31(35)32-26(4)22-33)30(34)24(2)15-12-16-27-19-20-28-17-10-11-18-29(28)21-27/h8,10-11,13-15,17-21,23,26,30,33-34H,7,9,12,16,22H2,1-4H3,(H,32,35)/b13-8+,24-15+,25-14+/t23-,26+,30-/m1/s1. The molecule has 0 aliphatic carbocycles. The van der Waals surface area contributed by atoms with E-state index < -0.39 is 6.10 Å². The summed E-state index contributed by atoms with van der Waals surface area (Å²) in [5.41, 5.74) is 2.91. The molecule has 2 rings (SSSR count). The molecule has 3 N–H and O–H groups in total. The van der Waals surface area contributed by atoms with Gasteiger partial charge in [0, 0.05) is 24.0 Å². The van der Waals surface area contributed by atoms with E-state index in [1.165, 1.54) is 16.3 Å². The summed E-state index contributed by atoms with van der Waals surface area (Å²) in [5.74, 6) is 5.89. The zero-order valence-electron chi connectivity index (χ0n) is 21.4. The van der Waals surface area contributed by atoms with Gasteiger partial charge < -0.3 is 15.5 Å². The number of amides is 1. The summed E-state index contributed by atoms with van der Waals surface area (Å²) in [6.07, 6.45) is 10.3. The number of carbonyl (C=O) groups excluding carboxylic acids is 1. The second-order valence-corrected chi connectivity index (χ2v) is 9.14. The minimum atomic E-state index is -0.532. The lowest BCUT2D eigenvalue weighted by Gasteiger charge is -2.16. The minimum absolute atomic E-state index is 0.0273. The second kappa shape index (κ2) is 15.0. The highest BCUT2D eigenvalue weighted by atomic mass is 16.3. The van der Waals surface area contributed by atoms with Crippen molar-refractivity contribution in [1.82, 2.24) is 5.32 Å².